The van der Waals surface area contributed by atoms with Gasteiger partial charge in [-0.25, -0.2) is 4.39 Å². The summed E-state index contributed by atoms with van der Waals surface area (Å²) in [6.07, 6.45) is -3.69. The zero-order chi connectivity index (χ0) is 19.2. The number of alkyl halides is 3. The molecule has 0 radical (unpaired) electrons. The van der Waals surface area contributed by atoms with Gasteiger partial charge in [0.25, 0.3) is 0 Å². The van der Waals surface area contributed by atoms with Crippen molar-refractivity contribution >= 4 is 5.69 Å². The highest BCUT2D eigenvalue weighted by Gasteiger charge is 2.31. The minimum absolute atomic E-state index is 0.289. The number of hydrogen-bond donors (Lipinski definition) is 1. The number of hydrogen-bond acceptors (Lipinski definition) is 1. The van der Waals surface area contributed by atoms with E-state index in [1.165, 1.54) is 18.2 Å². The van der Waals surface area contributed by atoms with E-state index in [1.54, 1.807) is 12.1 Å². The summed E-state index contributed by atoms with van der Waals surface area (Å²) < 4.78 is 53.2. The molecule has 140 valence electrons. The van der Waals surface area contributed by atoms with Gasteiger partial charge in [0, 0.05) is 42.1 Å². The Labute approximate surface area is 154 Å². The maximum atomic E-state index is 14.3. The summed E-state index contributed by atoms with van der Waals surface area (Å²) in [4.78, 5) is 5.21. The van der Waals surface area contributed by atoms with Gasteiger partial charge in [-0.05, 0) is 48.4 Å². The smallest absolute Gasteiger partial charge is 0.367 e. The zero-order valence-corrected chi connectivity index (χ0v) is 14.7. The second kappa shape index (κ2) is 6.44. The molecule has 0 spiro atoms. The Bertz CT molecular complexity index is 968. The Morgan fingerprint density at radius 3 is 2.56 bits per heavy atom. The molecule has 0 amide bonds. The van der Waals surface area contributed by atoms with Crippen LogP contribution in [0.4, 0.5) is 23.2 Å². The van der Waals surface area contributed by atoms with E-state index in [1.807, 2.05) is 24.0 Å². The van der Waals surface area contributed by atoms with Crippen molar-refractivity contribution in [3.63, 3.8) is 0 Å². The van der Waals surface area contributed by atoms with E-state index in [4.69, 9.17) is 0 Å². The number of aromatic nitrogens is 1. The largest absolute Gasteiger partial charge is 0.416 e. The van der Waals surface area contributed by atoms with Gasteiger partial charge < -0.3 is 9.88 Å². The summed E-state index contributed by atoms with van der Waals surface area (Å²) in [5.74, 6) is -0.289. The molecule has 27 heavy (non-hydrogen) atoms. The number of H-pyrrole nitrogens is 1. The summed E-state index contributed by atoms with van der Waals surface area (Å²) in [7, 11) is 0. The fourth-order valence-corrected chi connectivity index (χ4v) is 3.64. The maximum Gasteiger partial charge on any atom is 0.416 e. The Kier molecular flexibility index (Phi) is 4.21. The topological polar surface area (TPSA) is 19.0 Å². The van der Waals surface area contributed by atoms with Crippen molar-refractivity contribution in [3.8, 4) is 11.3 Å². The zero-order valence-electron chi connectivity index (χ0n) is 14.7. The summed E-state index contributed by atoms with van der Waals surface area (Å²) in [6, 6.07) is 12.2. The number of nitrogens with one attached hydrogen (secondary N) is 1. The number of fused-ring (bicyclic) bond motifs is 1. The molecule has 6 heteroatoms. The Morgan fingerprint density at radius 1 is 1.04 bits per heavy atom. The first-order chi connectivity index (χ1) is 12.8. The van der Waals surface area contributed by atoms with E-state index in [2.05, 4.69) is 4.98 Å². The monoisotopic (exact) mass is 374 g/mol. The van der Waals surface area contributed by atoms with Crippen molar-refractivity contribution < 1.29 is 17.6 Å². The second-order valence-electron chi connectivity index (χ2n) is 6.84. The van der Waals surface area contributed by atoms with Crippen LogP contribution in [0.15, 0.2) is 48.5 Å². The summed E-state index contributed by atoms with van der Waals surface area (Å²) in [5, 5.41) is 0. The van der Waals surface area contributed by atoms with Crippen molar-refractivity contribution in [2.75, 3.05) is 11.4 Å². The van der Waals surface area contributed by atoms with Crippen LogP contribution in [0.1, 0.15) is 22.4 Å². The van der Waals surface area contributed by atoms with E-state index >= 15 is 0 Å². The molecule has 2 nitrogen and oxygen atoms in total. The Balaban J connectivity index is 1.64. The van der Waals surface area contributed by atoms with Crippen LogP contribution >= 0.6 is 0 Å². The first kappa shape index (κ1) is 17.6. The molecule has 1 aliphatic heterocycles. The van der Waals surface area contributed by atoms with Gasteiger partial charge in [0.1, 0.15) is 5.82 Å². The van der Waals surface area contributed by atoms with E-state index < -0.39 is 11.7 Å². The fourth-order valence-electron chi connectivity index (χ4n) is 3.64. The lowest BCUT2D eigenvalue weighted by molar-refractivity contribution is -0.137. The highest BCUT2D eigenvalue weighted by molar-refractivity contribution is 5.67. The molecule has 4 rings (SSSR count). The highest BCUT2D eigenvalue weighted by atomic mass is 19.4. The van der Waals surface area contributed by atoms with Crippen molar-refractivity contribution in [3.05, 3.63) is 76.7 Å². The molecule has 1 N–H and O–H groups in total. The fraction of sp³-hybridized carbons (Fsp3) is 0.238. The first-order valence-electron chi connectivity index (χ1n) is 8.71. The molecule has 3 aromatic rings. The third-order valence-electron chi connectivity index (χ3n) is 5.01. The quantitative estimate of drug-likeness (QED) is 0.569. The molecule has 2 aromatic carbocycles. The molecule has 0 saturated carbocycles. The van der Waals surface area contributed by atoms with Crippen LogP contribution in [0.2, 0.25) is 0 Å². The van der Waals surface area contributed by atoms with E-state index in [9.17, 15) is 17.6 Å². The summed E-state index contributed by atoms with van der Waals surface area (Å²) in [5.41, 5.74) is 3.97. The molecule has 0 bridgehead atoms. The molecule has 0 aliphatic carbocycles. The Morgan fingerprint density at radius 2 is 1.81 bits per heavy atom. The lowest BCUT2D eigenvalue weighted by Gasteiger charge is -2.29. The molecule has 1 aliphatic rings. The molecule has 0 atom stereocenters. The van der Waals surface area contributed by atoms with Gasteiger partial charge >= 0.3 is 6.18 Å². The molecule has 0 unspecified atom stereocenters. The van der Waals surface area contributed by atoms with Crippen molar-refractivity contribution in [2.45, 2.75) is 26.1 Å². The third kappa shape index (κ3) is 3.31. The van der Waals surface area contributed by atoms with Crippen LogP contribution < -0.4 is 4.90 Å². The van der Waals surface area contributed by atoms with Crippen molar-refractivity contribution in [1.29, 1.82) is 0 Å². The van der Waals surface area contributed by atoms with Gasteiger partial charge in [-0.1, -0.05) is 18.2 Å². The summed E-state index contributed by atoms with van der Waals surface area (Å²) in [6.45, 7) is 2.94. The van der Waals surface area contributed by atoms with Crippen LogP contribution in [-0.4, -0.2) is 11.5 Å². The third-order valence-corrected chi connectivity index (χ3v) is 5.01. The van der Waals surface area contributed by atoms with E-state index in [0.29, 0.717) is 36.5 Å². The standard InChI is InChI=1S/C21H18F4N2/c1-13-4-2-7-17(22)20(13)19-10-14-12-27(9-8-18(14)26-19)16-6-3-5-15(11-16)21(23,24)25/h2-7,10-11,26H,8-9,12H2,1H3. The van der Waals surface area contributed by atoms with E-state index in [0.717, 1.165) is 22.9 Å². The highest BCUT2D eigenvalue weighted by Crippen LogP contribution is 2.34. The number of rotatable bonds is 2. The lowest BCUT2D eigenvalue weighted by Crippen LogP contribution is -2.30. The number of anilines is 1. The second-order valence-corrected chi connectivity index (χ2v) is 6.84. The number of aryl methyl sites for hydroxylation is 1. The summed E-state index contributed by atoms with van der Waals surface area (Å²) >= 11 is 0. The number of halogens is 4. The molecule has 2 heterocycles. The van der Waals surface area contributed by atoms with Gasteiger partial charge in [-0.2, -0.15) is 13.2 Å². The molecular weight excluding hydrogens is 356 g/mol. The predicted octanol–water partition coefficient (Wildman–Crippen LogP) is 5.71. The molecule has 1 aromatic heterocycles. The molecule has 0 saturated heterocycles. The van der Waals surface area contributed by atoms with Crippen molar-refractivity contribution in [2.24, 2.45) is 0 Å². The van der Waals surface area contributed by atoms with Crippen LogP contribution in [0.3, 0.4) is 0 Å². The van der Waals surface area contributed by atoms with Gasteiger partial charge in [0.15, 0.2) is 0 Å². The van der Waals surface area contributed by atoms with Crippen LogP contribution in [0, 0.1) is 12.7 Å². The first-order valence-corrected chi connectivity index (χ1v) is 8.71. The van der Waals surface area contributed by atoms with Crippen LogP contribution in [0.5, 0.6) is 0 Å². The number of benzene rings is 2. The maximum absolute atomic E-state index is 14.3. The predicted molar refractivity (Wildman–Crippen MR) is 97.1 cm³/mol. The van der Waals surface area contributed by atoms with E-state index in [-0.39, 0.29) is 5.82 Å². The SMILES string of the molecule is Cc1cccc(F)c1-c1cc2c([nH]1)CCN(c1cccc(C(F)(F)F)c1)C2. The minimum atomic E-state index is -4.36. The molecule has 0 fully saturated rings. The van der Waals surface area contributed by atoms with Gasteiger partial charge in [-0.3, -0.25) is 0 Å². The van der Waals surface area contributed by atoms with Crippen LogP contribution in [-0.2, 0) is 19.1 Å². The minimum Gasteiger partial charge on any atom is -0.367 e. The van der Waals surface area contributed by atoms with Crippen LogP contribution in [0.25, 0.3) is 11.3 Å². The normalized spacial score (nSPS) is 14.3. The van der Waals surface area contributed by atoms with Gasteiger partial charge in [-0.15, -0.1) is 0 Å². The lowest BCUT2D eigenvalue weighted by atomic mass is 10.0. The van der Waals surface area contributed by atoms with Gasteiger partial charge in [0.05, 0.1) is 5.56 Å². The van der Waals surface area contributed by atoms with Gasteiger partial charge in [0.2, 0.25) is 0 Å². The molecular formula is C21H18F4N2. The number of aromatic amines is 1. The number of nitrogens with zero attached hydrogens (tertiary/aromatic N) is 1. The Hall–Kier alpha value is -2.76. The average molecular weight is 374 g/mol. The average Bonchev–Trinajstić information content (AvgIpc) is 3.03. The van der Waals surface area contributed by atoms with Crippen molar-refractivity contribution in [1.82, 2.24) is 4.98 Å².